The Morgan fingerprint density at radius 1 is 1.31 bits per heavy atom. The Morgan fingerprint density at radius 3 is 2.63 bits per heavy atom. The number of aromatic nitrogens is 3. The molecule has 2 aromatic heterocycles. The maximum absolute atomic E-state index is 13.1. The Hall–Kier alpha value is -2.93. The Bertz CT molecular complexity index is 1260. The average Bonchev–Trinajstić information content (AvgIpc) is 3.19. The lowest BCUT2D eigenvalue weighted by Gasteiger charge is -2.16. The van der Waals surface area contributed by atoms with Crippen molar-refractivity contribution in [3.63, 3.8) is 0 Å². The zero-order valence-corrected chi connectivity index (χ0v) is 20.6. The fourth-order valence-electron chi connectivity index (χ4n) is 3.62. The molecule has 0 radical (unpaired) electrons. The normalized spacial score (nSPS) is 12.6. The number of aryl methyl sites for hydroxylation is 1. The van der Waals surface area contributed by atoms with E-state index >= 15 is 0 Å². The van der Waals surface area contributed by atoms with Crippen LogP contribution in [0.1, 0.15) is 28.8 Å². The number of aliphatic carboxylic acids is 2. The van der Waals surface area contributed by atoms with Gasteiger partial charge >= 0.3 is 18.1 Å². The third-order valence-electron chi connectivity index (χ3n) is 5.21. The van der Waals surface area contributed by atoms with Gasteiger partial charge in [0.1, 0.15) is 16.5 Å². The molecule has 8 nitrogen and oxygen atoms in total. The highest BCUT2D eigenvalue weighted by molar-refractivity contribution is 8.77. The van der Waals surface area contributed by atoms with Crippen molar-refractivity contribution >= 4 is 44.6 Å². The van der Waals surface area contributed by atoms with Gasteiger partial charge in [-0.1, -0.05) is 26.6 Å². The summed E-state index contributed by atoms with van der Waals surface area (Å²) in [6, 6.07) is 3.28. The second-order valence-electron chi connectivity index (χ2n) is 7.65. The number of rotatable bonds is 10. The van der Waals surface area contributed by atoms with E-state index in [-0.39, 0.29) is 5.52 Å². The first-order valence-electron chi connectivity index (χ1n) is 10.3. The molecule has 0 fully saturated rings. The van der Waals surface area contributed by atoms with Crippen LogP contribution in [0.4, 0.5) is 13.2 Å². The number of nitrogens with zero attached hydrogens (tertiary/aromatic N) is 2. The minimum atomic E-state index is -4.48. The minimum absolute atomic E-state index is 0.232. The van der Waals surface area contributed by atoms with Gasteiger partial charge in [-0.15, -0.1) is 0 Å². The Kier molecular flexibility index (Phi) is 8.21. The number of pyridine rings is 1. The molecular formula is C22H22F3N3O5S2. The number of nitrogens with one attached hydrogen (secondary N) is 1. The molecule has 0 amide bonds. The largest absolute Gasteiger partial charge is 0.550 e. The van der Waals surface area contributed by atoms with E-state index in [0.29, 0.717) is 29.4 Å². The van der Waals surface area contributed by atoms with Crippen LogP contribution in [-0.4, -0.2) is 45.1 Å². The molecule has 0 saturated carbocycles. The van der Waals surface area contributed by atoms with E-state index in [2.05, 4.69) is 9.97 Å². The van der Waals surface area contributed by atoms with E-state index in [4.69, 9.17) is 4.74 Å². The number of imidazole rings is 1. The van der Waals surface area contributed by atoms with Crippen LogP contribution in [0.3, 0.4) is 0 Å². The zero-order valence-electron chi connectivity index (χ0n) is 18.9. The summed E-state index contributed by atoms with van der Waals surface area (Å²) < 4.78 is 46.6. The predicted octanol–water partition coefficient (Wildman–Crippen LogP) is 3.00. The highest BCUT2D eigenvalue weighted by Crippen LogP contribution is 2.32. The smallest absolute Gasteiger partial charge is 0.416 e. The summed E-state index contributed by atoms with van der Waals surface area (Å²) in [7, 11) is 3.67. The fraction of sp³-hybridized carbons (Fsp3) is 0.364. The Morgan fingerprint density at radius 2 is 2.03 bits per heavy atom. The van der Waals surface area contributed by atoms with E-state index in [9.17, 15) is 33.0 Å². The number of hydrogen-bond acceptors (Lipinski definition) is 7. The molecule has 1 atom stereocenters. The maximum atomic E-state index is 13.1. The highest BCUT2D eigenvalue weighted by atomic mass is 33.1. The van der Waals surface area contributed by atoms with Crippen LogP contribution in [0.2, 0.25) is 0 Å². The van der Waals surface area contributed by atoms with E-state index in [1.165, 1.54) is 24.0 Å². The van der Waals surface area contributed by atoms with Crippen LogP contribution >= 0.6 is 21.6 Å². The average molecular weight is 530 g/mol. The van der Waals surface area contributed by atoms with Crippen LogP contribution in [0, 0.1) is 13.8 Å². The molecule has 1 aromatic carbocycles. The first kappa shape index (κ1) is 26.7. The molecule has 1 unspecified atom stereocenters. The molecule has 35 heavy (non-hydrogen) atoms. The van der Waals surface area contributed by atoms with Gasteiger partial charge in [0, 0.05) is 35.7 Å². The van der Waals surface area contributed by atoms with Crippen molar-refractivity contribution < 1.29 is 42.3 Å². The van der Waals surface area contributed by atoms with Crippen LogP contribution in [0.25, 0.3) is 17.0 Å². The van der Waals surface area contributed by atoms with E-state index < -0.39 is 35.3 Å². The number of ether oxygens (including phenoxy) is 1. The molecule has 0 aliphatic rings. The number of fused-ring (bicyclic) bond motifs is 1. The maximum Gasteiger partial charge on any atom is 0.416 e. The SMILES string of the molecule is COc1c(C)c[n+](-c2nc3ccc(C(F)(F)F)cc3[nH]2)c(CCSSC(CC(=O)[O-])C(=O)O)c1C. The third kappa shape index (κ3) is 6.20. The number of methoxy groups -OCH3 is 1. The van der Waals surface area contributed by atoms with Gasteiger partial charge in [0.2, 0.25) is 0 Å². The molecule has 3 aromatic rings. The molecule has 0 bridgehead atoms. The molecule has 2 N–H and O–H groups in total. The first-order chi connectivity index (χ1) is 16.4. The van der Waals surface area contributed by atoms with Gasteiger partial charge in [-0.05, 0) is 32.0 Å². The van der Waals surface area contributed by atoms with Crippen LogP contribution < -0.4 is 14.4 Å². The highest BCUT2D eigenvalue weighted by Gasteiger charge is 2.32. The second-order valence-corrected chi connectivity index (χ2v) is 10.3. The summed E-state index contributed by atoms with van der Waals surface area (Å²) in [4.78, 5) is 29.4. The molecule has 0 aliphatic carbocycles. The van der Waals surface area contributed by atoms with Gasteiger partial charge < -0.3 is 19.7 Å². The predicted molar refractivity (Wildman–Crippen MR) is 123 cm³/mol. The number of carbonyl (C=O) groups is 2. The first-order valence-corrected chi connectivity index (χ1v) is 12.7. The Labute approximate surface area is 206 Å². The van der Waals surface area contributed by atoms with Gasteiger partial charge in [0.15, 0.2) is 5.52 Å². The van der Waals surface area contributed by atoms with Crippen molar-refractivity contribution in [3.8, 4) is 11.7 Å². The van der Waals surface area contributed by atoms with Crippen LogP contribution in [0.15, 0.2) is 24.4 Å². The number of benzene rings is 1. The molecule has 0 aliphatic heterocycles. The molecular weight excluding hydrogens is 507 g/mol. The molecule has 0 saturated heterocycles. The summed E-state index contributed by atoms with van der Waals surface area (Å²) >= 11 is 0. The number of halogens is 3. The van der Waals surface area contributed by atoms with E-state index in [0.717, 1.165) is 39.7 Å². The molecule has 2 heterocycles. The van der Waals surface area contributed by atoms with Crippen molar-refractivity contribution in [1.29, 1.82) is 0 Å². The van der Waals surface area contributed by atoms with Crippen molar-refractivity contribution in [2.75, 3.05) is 12.9 Å². The fourth-order valence-corrected chi connectivity index (χ4v) is 5.92. The molecule has 13 heteroatoms. The van der Waals surface area contributed by atoms with Gasteiger partial charge in [-0.2, -0.15) is 13.2 Å². The molecule has 0 spiro atoms. The number of carboxylic acid groups (broad SMARTS) is 2. The van der Waals surface area contributed by atoms with Gasteiger partial charge in [-0.25, -0.2) is 9.55 Å². The van der Waals surface area contributed by atoms with Crippen molar-refractivity contribution in [2.24, 2.45) is 0 Å². The van der Waals surface area contributed by atoms with Gasteiger partial charge in [0.25, 0.3) is 0 Å². The quantitative estimate of drug-likeness (QED) is 0.234. The summed E-state index contributed by atoms with van der Waals surface area (Å²) in [5, 5.41) is 18.8. The van der Waals surface area contributed by atoms with Crippen LogP contribution in [-0.2, 0) is 22.2 Å². The van der Waals surface area contributed by atoms with Gasteiger partial charge in [-0.3, -0.25) is 4.79 Å². The topological polar surface area (TPSA) is 119 Å². The third-order valence-corrected chi connectivity index (χ3v) is 7.92. The monoisotopic (exact) mass is 529 g/mol. The number of carboxylic acids is 2. The standard InChI is InChI=1S/C22H22F3N3O5S2/c1-11-10-28(21-26-14-5-4-13(22(23,24)25)8-15(14)27-21)16(12(2)19(11)33-3)6-7-34-35-17(20(31)32)9-18(29)30/h4-5,8,10,17H,6-7,9H2,1-3H3,(H2-,26,27,29,30,31,32). The number of H-pyrrole nitrogens is 1. The zero-order chi connectivity index (χ0) is 25.9. The minimum Gasteiger partial charge on any atom is -0.550 e. The lowest BCUT2D eigenvalue weighted by atomic mass is 10.1. The van der Waals surface area contributed by atoms with Crippen molar-refractivity contribution in [2.45, 2.75) is 38.1 Å². The Balaban J connectivity index is 1.92. The summed E-state index contributed by atoms with van der Waals surface area (Å²) in [6.45, 7) is 3.68. The number of hydrogen-bond donors (Lipinski definition) is 2. The lowest BCUT2D eigenvalue weighted by Crippen LogP contribution is -2.39. The number of aromatic amines is 1. The van der Waals surface area contributed by atoms with Crippen molar-refractivity contribution in [3.05, 3.63) is 46.8 Å². The van der Waals surface area contributed by atoms with E-state index in [1.807, 2.05) is 13.8 Å². The molecule has 188 valence electrons. The summed E-state index contributed by atoms with van der Waals surface area (Å²) in [5.41, 5.74) is 2.14. The van der Waals surface area contributed by atoms with Gasteiger partial charge in [0.05, 0.1) is 24.6 Å². The number of carbonyl (C=O) groups excluding carboxylic acids is 1. The second kappa shape index (κ2) is 10.8. The lowest BCUT2D eigenvalue weighted by molar-refractivity contribution is -0.612. The summed E-state index contributed by atoms with van der Waals surface area (Å²) in [6.07, 6.45) is -2.91. The summed E-state index contributed by atoms with van der Waals surface area (Å²) in [5.74, 6) is -1.30. The van der Waals surface area contributed by atoms with Crippen LogP contribution in [0.5, 0.6) is 5.75 Å². The van der Waals surface area contributed by atoms with Crippen molar-refractivity contribution in [1.82, 2.24) is 9.97 Å². The van der Waals surface area contributed by atoms with E-state index in [1.54, 1.807) is 10.8 Å². The molecule has 3 rings (SSSR count). The number of alkyl halides is 3.